The van der Waals surface area contributed by atoms with E-state index in [0.717, 1.165) is 27.6 Å². The van der Waals surface area contributed by atoms with Crippen molar-refractivity contribution in [1.82, 2.24) is 5.16 Å². The van der Waals surface area contributed by atoms with Gasteiger partial charge < -0.3 is 18.9 Å². The van der Waals surface area contributed by atoms with Crippen LogP contribution in [0.4, 0.5) is 5.69 Å². The summed E-state index contributed by atoms with van der Waals surface area (Å²) in [5.74, 6) is 2.22. The Hall–Kier alpha value is -2.80. The molecule has 28 heavy (non-hydrogen) atoms. The summed E-state index contributed by atoms with van der Waals surface area (Å²) in [5, 5.41) is 6.00. The van der Waals surface area contributed by atoms with Crippen LogP contribution in [0.3, 0.4) is 0 Å². The number of fused-ring (bicyclic) bond motifs is 1. The van der Waals surface area contributed by atoms with Gasteiger partial charge in [0.15, 0.2) is 11.5 Å². The van der Waals surface area contributed by atoms with Gasteiger partial charge in [0.2, 0.25) is 5.91 Å². The Morgan fingerprint density at radius 1 is 1.18 bits per heavy atom. The Bertz CT molecular complexity index is 945. The zero-order valence-corrected chi connectivity index (χ0v) is 16.8. The lowest BCUT2D eigenvalue weighted by atomic mass is 10.1. The van der Waals surface area contributed by atoms with Crippen LogP contribution in [0.15, 0.2) is 40.2 Å². The minimum Gasteiger partial charge on any atom is -0.486 e. The summed E-state index contributed by atoms with van der Waals surface area (Å²) in [5.41, 5.74) is 2.66. The molecule has 1 aromatic carbocycles. The van der Waals surface area contributed by atoms with E-state index < -0.39 is 0 Å². The van der Waals surface area contributed by atoms with E-state index in [1.165, 1.54) is 0 Å². The lowest BCUT2D eigenvalue weighted by Crippen LogP contribution is -2.30. The summed E-state index contributed by atoms with van der Waals surface area (Å²) in [7, 11) is 0. The fourth-order valence-electron chi connectivity index (χ4n) is 3.31. The second-order valence-electron chi connectivity index (χ2n) is 6.69. The maximum absolute atomic E-state index is 13.2. The first-order chi connectivity index (χ1) is 13.6. The molecule has 3 heterocycles. The zero-order valence-electron chi connectivity index (χ0n) is 15.9. The van der Waals surface area contributed by atoms with E-state index in [1.54, 1.807) is 11.3 Å². The highest BCUT2D eigenvalue weighted by molar-refractivity contribution is 7.09. The van der Waals surface area contributed by atoms with Crippen molar-refractivity contribution in [2.45, 2.75) is 33.2 Å². The molecule has 1 aliphatic heterocycles. The van der Waals surface area contributed by atoms with Gasteiger partial charge in [0.1, 0.15) is 19.0 Å². The number of ether oxygens (including phenoxy) is 2. The summed E-state index contributed by atoms with van der Waals surface area (Å²) in [6.07, 6.45) is 0.980. The van der Waals surface area contributed by atoms with Crippen molar-refractivity contribution in [2.24, 2.45) is 0 Å². The molecule has 0 atom stereocenters. The molecule has 6 nitrogen and oxygen atoms in total. The first kappa shape index (κ1) is 18.6. The van der Waals surface area contributed by atoms with Crippen molar-refractivity contribution in [2.75, 3.05) is 18.1 Å². The molecule has 1 amide bonds. The van der Waals surface area contributed by atoms with Gasteiger partial charge in [-0.1, -0.05) is 11.2 Å². The molecule has 3 aromatic rings. The average molecular weight is 398 g/mol. The summed E-state index contributed by atoms with van der Waals surface area (Å²) in [6.45, 7) is 5.37. The number of aromatic nitrogens is 1. The van der Waals surface area contributed by atoms with Gasteiger partial charge in [-0.15, -0.1) is 11.3 Å². The van der Waals surface area contributed by atoms with Crippen molar-refractivity contribution >= 4 is 22.9 Å². The SMILES string of the molecule is Cc1noc(C)c1CCC(=O)N(Cc1cccs1)c1ccc2c(c1)OCCO2. The van der Waals surface area contributed by atoms with Crippen LogP contribution in [0, 0.1) is 13.8 Å². The van der Waals surface area contributed by atoms with E-state index in [0.29, 0.717) is 44.1 Å². The second kappa shape index (κ2) is 8.06. The molecule has 0 saturated carbocycles. The molecule has 7 heteroatoms. The van der Waals surface area contributed by atoms with E-state index in [9.17, 15) is 4.79 Å². The number of hydrogen-bond donors (Lipinski definition) is 0. The predicted octanol–water partition coefficient (Wildman–Crippen LogP) is 4.29. The van der Waals surface area contributed by atoms with Gasteiger partial charge in [-0.2, -0.15) is 0 Å². The number of hydrogen-bond acceptors (Lipinski definition) is 6. The minimum absolute atomic E-state index is 0.0464. The Morgan fingerprint density at radius 3 is 2.71 bits per heavy atom. The smallest absolute Gasteiger partial charge is 0.227 e. The molecule has 0 radical (unpaired) electrons. The van der Waals surface area contributed by atoms with E-state index in [1.807, 2.05) is 54.5 Å². The number of carbonyl (C=O) groups excluding carboxylic acids is 1. The molecule has 146 valence electrons. The highest BCUT2D eigenvalue weighted by atomic mass is 32.1. The van der Waals surface area contributed by atoms with Crippen LogP contribution < -0.4 is 14.4 Å². The molecule has 1 aliphatic rings. The quantitative estimate of drug-likeness (QED) is 0.620. The molecule has 0 fully saturated rings. The highest BCUT2D eigenvalue weighted by Gasteiger charge is 2.21. The number of anilines is 1. The molecule has 0 saturated heterocycles. The van der Waals surface area contributed by atoms with Crippen LogP contribution in [0.25, 0.3) is 0 Å². The fraction of sp³-hybridized carbons (Fsp3) is 0.333. The van der Waals surface area contributed by atoms with Gasteiger partial charge in [-0.25, -0.2) is 0 Å². The van der Waals surface area contributed by atoms with Crippen molar-refractivity contribution in [1.29, 1.82) is 0 Å². The van der Waals surface area contributed by atoms with Gasteiger partial charge >= 0.3 is 0 Å². The molecule has 0 unspecified atom stereocenters. The predicted molar refractivity (Wildman–Crippen MR) is 107 cm³/mol. The van der Waals surface area contributed by atoms with Gasteiger partial charge in [0.05, 0.1) is 12.2 Å². The van der Waals surface area contributed by atoms with Crippen molar-refractivity contribution in [3.8, 4) is 11.5 Å². The fourth-order valence-corrected chi connectivity index (χ4v) is 4.00. The van der Waals surface area contributed by atoms with Crippen LogP contribution in [0.5, 0.6) is 11.5 Å². The lowest BCUT2D eigenvalue weighted by Gasteiger charge is -2.25. The Labute approximate surface area is 167 Å². The second-order valence-corrected chi connectivity index (χ2v) is 7.72. The van der Waals surface area contributed by atoms with Crippen molar-refractivity contribution < 1.29 is 18.8 Å². The Kier molecular flexibility index (Phi) is 5.34. The molecular weight excluding hydrogens is 376 g/mol. The van der Waals surface area contributed by atoms with E-state index in [-0.39, 0.29) is 5.91 Å². The van der Waals surface area contributed by atoms with E-state index >= 15 is 0 Å². The largest absolute Gasteiger partial charge is 0.486 e. The Balaban J connectivity index is 1.57. The van der Waals surface area contributed by atoms with Crippen LogP contribution >= 0.6 is 11.3 Å². The molecule has 2 aromatic heterocycles. The zero-order chi connectivity index (χ0) is 19.5. The number of rotatable bonds is 6. The van der Waals surface area contributed by atoms with E-state index in [2.05, 4.69) is 5.16 Å². The van der Waals surface area contributed by atoms with Crippen LogP contribution in [0.1, 0.15) is 28.3 Å². The number of nitrogens with zero attached hydrogens (tertiary/aromatic N) is 2. The van der Waals surface area contributed by atoms with Crippen molar-refractivity contribution in [3.05, 3.63) is 57.6 Å². The lowest BCUT2D eigenvalue weighted by molar-refractivity contribution is -0.118. The highest BCUT2D eigenvalue weighted by Crippen LogP contribution is 2.35. The monoisotopic (exact) mass is 398 g/mol. The van der Waals surface area contributed by atoms with Gasteiger partial charge in [-0.05, 0) is 43.8 Å². The summed E-state index contributed by atoms with van der Waals surface area (Å²) >= 11 is 1.64. The third kappa shape index (κ3) is 3.89. The molecule has 0 N–H and O–H groups in total. The Morgan fingerprint density at radius 2 is 2.00 bits per heavy atom. The van der Waals surface area contributed by atoms with E-state index in [4.69, 9.17) is 14.0 Å². The van der Waals surface area contributed by atoms with Crippen LogP contribution in [-0.4, -0.2) is 24.3 Å². The van der Waals surface area contributed by atoms with Crippen molar-refractivity contribution in [3.63, 3.8) is 0 Å². The van der Waals surface area contributed by atoms with Crippen LogP contribution in [-0.2, 0) is 17.8 Å². The normalized spacial score (nSPS) is 12.8. The third-order valence-corrected chi connectivity index (χ3v) is 5.66. The molecule has 0 spiro atoms. The average Bonchev–Trinajstić information content (AvgIpc) is 3.34. The van der Waals surface area contributed by atoms with Crippen LogP contribution in [0.2, 0.25) is 0 Å². The van der Waals surface area contributed by atoms with Gasteiger partial charge in [0, 0.05) is 28.6 Å². The first-order valence-corrected chi connectivity index (χ1v) is 10.1. The topological polar surface area (TPSA) is 64.8 Å². The third-order valence-electron chi connectivity index (χ3n) is 4.80. The summed E-state index contributed by atoms with van der Waals surface area (Å²) in [6, 6.07) is 9.70. The number of carbonyl (C=O) groups is 1. The minimum atomic E-state index is 0.0464. The van der Waals surface area contributed by atoms with Gasteiger partial charge in [-0.3, -0.25) is 4.79 Å². The number of benzene rings is 1. The molecule has 0 aliphatic carbocycles. The maximum Gasteiger partial charge on any atom is 0.227 e. The molecule has 4 rings (SSSR count). The number of thiophene rings is 1. The molecular formula is C21H22N2O4S. The standard InChI is InChI=1S/C21H22N2O4S/c1-14-18(15(2)27-22-14)6-8-21(24)23(13-17-4-3-11-28-17)16-5-7-19-20(12-16)26-10-9-25-19/h3-5,7,11-12H,6,8-10,13H2,1-2H3. The number of aryl methyl sites for hydroxylation is 2. The summed E-state index contributed by atoms with van der Waals surface area (Å²) < 4.78 is 16.5. The maximum atomic E-state index is 13.2. The van der Waals surface area contributed by atoms with Gasteiger partial charge in [0.25, 0.3) is 0 Å². The first-order valence-electron chi connectivity index (χ1n) is 9.26. The molecule has 0 bridgehead atoms. The summed E-state index contributed by atoms with van der Waals surface area (Å²) in [4.78, 5) is 16.1. The number of amides is 1.